The van der Waals surface area contributed by atoms with E-state index in [4.69, 9.17) is 9.47 Å². The van der Waals surface area contributed by atoms with Crippen LogP contribution in [0.3, 0.4) is 0 Å². The van der Waals surface area contributed by atoms with Gasteiger partial charge in [-0.2, -0.15) is 0 Å². The average molecular weight is 311 g/mol. The Labute approximate surface area is 132 Å². The zero-order chi connectivity index (χ0) is 15.7. The summed E-state index contributed by atoms with van der Waals surface area (Å²) < 4.78 is 12.8. The van der Waals surface area contributed by atoms with Crippen molar-refractivity contribution in [3.8, 4) is 0 Å². The minimum absolute atomic E-state index is 0.308. The molecule has 0 aromatic carbocycles. The van der Waals surface area contributed by atoms with Crippen LogP contribution >= 0.6 is 0 Å². The second-order valence-corrected chi connectivity index (χ2v) is 14.2. The Hall–Kier alpha value is -0.123. The van der Waals surface area contributed by atoms with Crippen LogP contribution < -0.4 is 0 Å². The first-order valence-electron chi connectivity index (χ1n) is 8.64. The highest BCUT2D eigenvalue weighted by Gasteiger charge is 2.56. The summed E-state index contributed by atoms with van der Waals surface area (Å²) in [6.45, 7) is 16.0. The van der Waals surface area contributed by atoms with Gasteiger partial charge in [0, 0.05) is 17.9 Å². The second kappa shape index (κ2) is 6.17. The maximum absolute atomic E-state index is 6.42. The molecule has 0 radical (unpaired) electrons. The lowest BCUT2D eigenvalue weighted by Crippen LogP contribution is -2.51. The predicted molar refractivity (Wildman–Crippen MR) is 92.3 cm³/mol. The fourth-order valence-electron chi connectivity index (χ4n) is 3.76. The molecule has 2 aliphatic rings. The monoisotopic (exact) mass is 310 g/mol. The lowest BCUT2D eigenvalue weighted by molar-refractivity contribution is -0.290. The molecule has 1 aliphatic carbocycles. The quantitative estimate of drug-likeness (QED) is 0.523. The summed E-state index contributed by atoms with van der Waals surface area (Å²) >= 11 is 0. The van der Waals surface area contributed by atoms with Gasteiger partial charge in [0.1, 0.15) is 0 Å². The summed E-state index contributed by atoms with van der Waals surface area (Å²) in [4.78, 5) is 0. The molecule has 2 rings (SSSR count). The van der Waals surface area contributed by atoms with E-state index < -0.39 is 8.07 Å². The summed E-state index contributed by atoms with van der Waals surface area (Å²) in [6.07, 6.45) is 9.06. The molecule has 0 aromatic heterocycles. The summed E-state index contributed by atoms with van der Waals surface area (Å²) in [5.74, 6) is 0.174. The first-order chi connectivity index (χ1) is 9.71. The average Bonchev–Trinajstić information content (AvgIpc) is 2.63. The van der Waals surface area contributed by atoms with Gasteiger partial charge in [0.2, 0.25) is 0 Å². The minimum atomic E-state index is -1.18. The van der Waals surface area contributed by atoms with Crippen LogP contribution in [-0.4, -0.2) is 27.1 Å². The Morgan fingerprint density at radius 3 is 2.19 bits per heavy atom. The predicted octanol–water partition coefficient (Wildman–Crippen LogP) is 5.23. The van der Waals surface area contributed by atoms with E-state index in [0.717, 1.165) is 32.5 Å². The SMILES string of the molecule is CC/C=C\CC1C(C)(C)CCC12OCC([Si](C)(C)C)CO2. The largest absolute Gasteiger partial charge is 0.350 e. The fraction of sp³-hybridized carbons (Fsp3) is 0.889. The third-order valence-electron chi connectivity index (χ3n) is 5.65. The van der Waals surface area contributed by atoms with E-state index in [9.17, 15) is 0 Å². The molecule has 1 saturated carbocycles. The molecule has 2 nitrogen and oxygen atoms in total. The molecule has 122 valence electrons. The normalized spacial score (nSPS) is 36.7. The van der Waals surface area contributed by atoms with Gasteiger partial charge in [-0.3, -0.25) is 0 Å². The first kappa shape index (κ1) is 17.2. The third-order valence-corrected chi connectivity index (χ3v) is 8.43. The molecule has 1 heterocycles. The van der Waals surface area contributed by atoms with Crippen LogP contribution in [0.1, 0.15) is 46.5 Å². The molecule has 0 bridgehead atoms. The van der Waals surface area contributed by atoms with Crippen molar-refractivity contribution in [2.45, 2.75) is 77.4 Å². The lowest BCUT2D eigenvalue weighted by atomic mass is 9.78. The van der Waals surface area contributed by atoms with Crippen LogP contribution in [0.15, 0.2) is 12.2 Å². The van der Waals surface area contributed by atoms with E-state index >= 15 is 0 Å². The van der Waals surface area contributed by atoms with Gasteiger partial charge in [-0.1, -0.05) is 52.6 Å². The first-order valence-corrected chi connectivity index (χ1v) is 12.2. The van der Waals surface area contributed by atoms with Crippen LogP contribution in [0, 0.1) is 11.3 Å². The van der Waals surface area contributed by atoms with Crippen molar-refractivity contribution in [1.82, 2.24) is 0 Å². The molecular weight excluding hydrogens is 276 g/mol. The van der Waals surface area contributed by atoms with Gasteiger partial charge in [0.25, 0.3) is 0 Å². The smallest absolute Gasteiger partial charge is 0.171 e. The van der Waals surface area contributed by atoms with Gasteiger partial charge in [0.15, 0.2) is 5.79 Å². The Morgan fingerprint density at radius 1 is 1.05 bits per heavy atom. The van der Waals surface area contributed by atoms with Crippen LogP contribution in [0.5, 0.6) is 0 Å². The van der Waals surface area contributed by atoms with Crippen molar-refractivity contribution in [3.05, 3.63) is 12.2 Å². The Bertz CT molecular complexity index is 373. The summed E-state index contributed by atoms with van der Waals surface area (Å²) in [7, 11) is -1.18. The van der Waals surface area contributed by atoms with Gasteiger partial charge >= 0.3 is 0 Å². The molecule has 2 fully saturated rings. The molecule has 0 N–H and O–H groups in total. The molecule has 0 aromatic rings. The molecule has 1 saturated heterocycles. The number of allylic oxidation sites excluding steroid dienone is 2. The summed E-state index contributed by atoms with van der Waals surface area (Å²) in [5, 5.41) is 0. The molecule has 1 aliphatic heterocycles. The number of ether oxygens (including phenoxy) is 2. The number of rotatable bonds is 4. The lowest BCUT2D eigenvalue weighted by Gasteiger charge is -2.46. The standard InChI is InChI=1S/C18H34O2Si/c1-7-8-9-10-16-17(2,3)11-12-18(16)19-13-15(14-20-18)21(4,5)6/h8-9,15-16H,7,10-14H2,1-6H3/b9-8-. The van der Waals surface area contributed by atoms with E-state index in [1.807, 2.05) is 0 Å². The highest BCUT2D eigenvalue weighted by atomic mass is 28.3. The highest BCUT2D eigenvalue weighted by Crippen LogP contribution is 2.55. The second-order valence-electron chi connectivity index (χ2n) is 8.65. The van der Waals surface area contributed by atoms with E-state index in [1.54, 1.807) is 0 Å². The zero-order valence-electron chi connectivity index (χ0n) is 14.9. The molecular formula is C18H34O2Si. The molecule has 0 amide bonds. The van der Waals surface area contributed by atoms with Crippen LogP contribution in [0.4, 0.5) is 0 Å². The van der Waals surface area contributed by atoms with E-state index in [2.05, 4.69) is 52.6 Å². The van der Waals surface area contributed by atoms with Crippen molar-refractivity contribution < 1.29 is 9.47 Å². The van der Waals surface area contributed by atoms with Crippen LogP contribution in [-0.2, 0) is 9.47 Å². The topological polar surface area (TPSA) is 18.5 Å². The van der Waals surface area contributed by atoms with Gasteiger partial charge in [0.05, 0.1) is 21.3 Å². The number of hydrogen-bond donors (Lipinski definition) is 0. The molecule has 3 heteroatoms. The summed E-state index contributed by atoms with van der Waals surface area (Å²) in [5.41, 5.74) is 0.947. The highest BCUT2D eigenvalue weighted by molar-refractivity contribution is 6.77. The molecule has 21 heavy (non-hydrogen) atoms. The Balaban J connectivity index is 2.09. The zero-order valence-corrected chi connectivity index (χ0v) is 15.9. The van der Waals surface area contributed by atoms with Gasteiger partial charge in [-0.05, 0) is 24.7 Å². The Morgan fingerprint density at radius 2 is 1.67 bits per heavy atom. The summed E-state index contributed by atoms with van der Waals surface area (Å²) in [6, 6.07) is 0. The van der Waals surface area contributed by atoms with E-state index in [-0.39, 0.29) is 5.79 Å². The van der Waals surface area contributed by atoms with Crippen molar-refractivity contribution >= 4 is 8.07 Å². The van der Waals surface area contributed by atoms with Crippen LogP contribution in [0.25, 0.3) is 0 Å². The van der Waals surface area contributed by atoms with Crippen molar-refractivity contribution in [1.29, 1.82) is 0 Å². The third kappa shape index (κ3) is 3.62. The maximum atomic E-state index is 6.42. The Kier molecular flexibility index (Phi) is 5.06. The van der Waals surface area contributed by atoms with Crippen molar-refractivity contribution in [3.63, 3.8) is 0 Å². The van der Waals surface area contributed by atoms with Crippen molar-refractivity contribution in [2.24, 2.45) is 11.3 Å². The van der Waals surface area contributed by atoms with Gasteiger partial charge in [-0.25, -0.2) is 0 Å². The van der Waals surface area contributed by atoms with E-state index in [0.29, 0.717) is 16.9 Å². The molecule has 1 spiro atoms. The van der Waals surface area contributed by atoms with Crippen LogP contribution in [0.2, 0.25) is 25.2 Å². The molecule has 1 atom stereocenters. The van der Waals surface area contributed by atoms with Gasteiger partial charge < -0.3 is 9.47 Å². The molecule has 1 unspecified atom stereocenters. The minimum Gasteiger partial charge on any atom is -0.350 e. The van der Waals surface area contributed by atoms with E-state index in [1.165, 1.54) is 6.42 Å². The van der Waals surface area contributed by atoms with Crippen molar-refractivity contribution in [2.75, 3.05) is 13.2 Å². The fourth-order valence-corrected chi connectivity index (χ4v) is 4.92. The maximum Gasteiger partial charge on any atom is 0.171 e. The number of hydrogen-bond acceptors (Lipinski definition) is 2. The van der Waals surface area contributed by atoms with Gasteiger partial charge in [-0.15, -0.1) is 0 Å².